The highest BCUT2D eigenvalue weighted by Gasteiger charge is 2.46. The van der Waals surface area contributed by atoms with Gasteiger partial charge in [0.25, 0.3) is 0 Å². The van der Waals surface area contributed by atoms with Crippen LogP contribution in [0.3, 0.4) is 0 Å². The summed E-state index contributed by atoms with van der Waals surface area (Å²) in [4.78, 5) is 26.3. The monoisotopic (exact) mass is 606 g/mol. The van der Waals surface area contributed by atoms with E-state index in [2.05, 4.69) is 10.6 Å². The number of nitrogens with two attached hydrogens (primary N) is 2. The van der Waals surface area contributed by atoms with Gasteiger partial charge in [-0.05, 0) is 50.0 Å². The molecule has 1 aromatic carbocycles. The summed E-state index contributed by atoms with van der Waals surface area (Å²) < 4.78 is 18.7. The maximum atomic E-state index is 13.2. The molecule has 3 aliphatic rings. The number of hydrogen-bond acceptors (Lipinski definition) is 12. The quantitative estimate of drug-likeness (QED) is 0.160. The summed E-state index contributed by atoms with van der Waals surface area (Å²) in [5, 5.41) is 37.0. The van der Waals surface area contributed by atoms with E-state index in [9.17, 15) is 24.9 Å². The van der Waals surface area contributed by atoms with Gasteiger partial charge in [0, 0.05) is 42.8 Å². The van der Waals surface area contributed by atoms with Gasteiger partial charge in [-0.2, -0.15) is 0 Å². The van der Waals surface area contributed by atoms with E-state index in [0.717, 1.165) is 17.2 Å². The fraction of sp³-hybridized carbons (Fsp3) is 0.375. The second-order valence-corrected chi connectivity index (χ2v) is 11.3. The molecular weight excluding hydrogens is 568 g/mol. The van der Waals surface area contributed by atoms with Crippen molar-refractivity contribution in [1.29, 1.82) is 0 Å². The highest BCUT2D eigenvalue weighted by molar-refractivity contribution is 5.91. The number of phenolic OH excluding ortho intramolecular Hbond substituents is 1. The number of hydrogen-bond donors (Lipinski definition) is 7. The molecule has 0 radical (unpaired) electrons. The van der Waals surface area contributed by atoms with Crippen LogP contribution in [0, 0.1) is 0 Å². The molecule has 1 aromatic heterocycles. The second kappa shape index (κ2) is 12.6. The Morgan fingerprint density at radius 2 is 2.09 bits per heavy atom. The summed E-state index contributed by atoms with van der Waals surface area (Å²) in [6.07, 6.45) is 10.7. The molecule has 12 heteroatoms. The number of phenols is 1. The third kappa shape index (κ3) is 6.09. The van der Waals surface area contributed by atoms with Crippen LogP contribution in [0.2, 0.25) is 0 Å². The van der Waals surface area contributed by atoms with E-state index >= 15 is 0 Å². The molecule has 0 amide bonds. The summed E-state index contributed by atoms with van der Waals surface area (Å²) in [7, 11) is 0. The van der Waals surface area contributed by atoms with Gasteiger partial charge in [0.2, 0.25) is 0 Å². The predicted molar refractivity (Wildman–Crippen MR) is 163 cm³/mol. The molecule has 5 rings (SSSR count). The van der Waals surface area contributed by atoms with Crippen LogP contribution >= 0.6 is 0 Å². The average molecular weight is 607 g/mol. The third-order valence-corrected chi connectivity index (χ3v) is 8.22. The van der Waals surface area contributed by atoms with Crippen molar-refractivity contribution in [3.63, 3.8) is 0 Å². The SMILES string of the molecule is C/C=C(/CO)C(=O)O[C@@H]1Cc2c(c(CC3=CCNC(N)=C3)c3oc(CO)cc(=O)c3c2O)O[C@@]1(C)CCC1=CNC(N)C=C1. The number of dihydropyridines is 2. The predicted octanol–water partition coefficient (Wildman–Crippen LogP) is 1.52. The molecule has 9 N–H and O–H groups in total. The summed E-state index contributed by atoms with van der Waals surface area (Å²) in [5.41, 5.74) is 13.0. The van der Waals surface area contributed by atoms with Crippen LogP contribution < -0.4 is 32.3 Å². The Balaban J connectivity index is 1.66. The van der Waals surface area contributed by atoms with Crippen LogP contribution in [-0.2, 0) is 29.0 Å². The first-order valence-corrected chi connectivity index (χ1v) is 14.5. The molecule has 0 saturated heterocycles. The zero-order valence-corrected chi connectivity index (χ0v) is 24.7. The molecule has 3 aliphatic heterocycles. The van der Waals surface area contributed by atoms with Crippen molar-refractivity contribution in [3.05, 3.63) is 92.3 Å². The Labute approximate surface area is 254 Å². The molecule has 44 heavy (non-hydrogen) atoms. The van der Waals surface area contributed by atoms with Crippen LogP contribution in [0.15, 0.2) is 74.4 Å². The molecule has 12 nitrogen and oxygen atoms in total. The van der Waals surface area contributed by atoms with Gasteiger partial charge in [0.1, 0.15) is 46.5 Å². The zero-order chi connectivity index (χ0) is 31.6. The van der Waals surface area contributed by atoms with Crippen molar-refractivity contribution in [2.75, 3.05) is 13.2 Å². The minimum Gasteiger partial charge on any atom is -0.507 e. The Bertz CT molecular complexity index is 1690. The molecule has 0 bridgehead atoms. The van der Waals surface area contributed by atoms with Gasteiger partial charge >= 0.3 is 5.97 Å². The van der Waals surface area contributed by atoms with Crippen LogP contribution in [0.5, 0.6) is 11.5 Å². The minimum absolute atomic E-state index is 0.0204. The highest BCUT2D eigenvalue weighted by atomic mass is 16.6. The van der Waals surface area contributed by atoms with Gasteiger partial charge in [-0.15, -0.1) is 0 Å². The first kappa shape index (κ1) is 30.9. The normalized spacial score (nSPS) is 23.0. The van der Waals surface area contributed by atoms with Gasteiger partial charge in [-0.1, -0.05) is 18.2 Å². The number of fused-ring (bicyclic) bond motifs is 2. The number of nitrogens with one attached hydrogen (secondary N) is 2. The number of aromatic hydroxyl groups is 1. The van der Waals surface area contributed by atoms with Gasteiger partial charge in [0.15, 0.2) is 5.43 Å². The molecule has 1 unspecified atom stereocenters. The fourth-order valence-electron chi connectivity index (χ4n) is 5.65. The molecule has 3 atom stereocenters. The largest absolute Gasteiger partial charge is 0.507 e. The van der Waals surface area contributed by atoms with Crippen LogP contribution in [0.1, 0.15) is 43.6 Å². The number of esters is 1. The van der Waals surface area contributed by atoms with E-state index in [-0.39, 0.29) is 52.6 Å². The summed E-state index contributed by atoms with van der Waals surface area (Å²) in [5.74, 6) is -0.251. The summed E-state index contributed by atoms with van der Waals surface area (Å²) >= 11 is 0. The maximum absolute atomic E-state index is 13.2. The molecule has 4 heterocycles. The van der Waals surface area contributed by atoms with E-state index in [1.54, 1.807) is 13.0 Å². The molecule has 234 valence electrons. The number of carbonyl (C=O) groups excluding carboxylic acids is 1. The average Bonchev–Trinajstić information content (AvgIpc) is 3.00. The topological polar surface area (TPSA) is 203 Å². The van der Waals surface area contributed by atoms with Crippen molar-refractivity contribution in [2.24, 2.45) is 11.5 Å². The van der Waals surface area contributed by atoms with Crippen molar-refractivity contribution in [1.82, 2.24) is 10.6 Å². The van der Waals surface area contributed by atoms with E-state index in [0.29, 0.717) is 36.5 Å². The number of carbonyl (C=O) groups is 1. The molecule has 0 spiro atoms. The molecule has 0 fully saturated rings. The Hall–Kier alpha value is -4.52. The number of benzene rings is 1. The number of ether oxygens (including phenoxy) is 2. The molecule has 0 aliphatic carbocycles. The number of aliphatic hydroxyl groups excluding tert-OH is 2. The van der Waals surface area contributed by atoms with Crippen molar-refractivity contribution in [2.45, 2.75) is 64.0 Å². The highest BCUT2D eigenvalue weighted by Crippen LogP contribution is 2.48. The van der Waals surface area contributed by atoms with Crippen LogP contribution in [0.4, 0.5) is 0 Å². The Morgan fingerprint density at radius 3 is 2.75 bits per heavy atom. The van der Waals surface area contributed by atoms with Crippen LogP contribution in [-0.4, -0.2) is 52.3 Å². The zero-order valence-electron chi connectivity index (χ0n) is 24.7. The standard InChI is InChI=1S/C32H38N4O8/c1-3-19(15-37)31(41)43-24-13-21-28(40)27-23(39)12-20(16-38)42-30(27)22(10-18-7-9-35-26(34)11-18)29(21)44-32(24,2)8-6-17-4-5-25(33)36-14-17/h3-5,7,11-12,14,24-25,35-38,40H,6,8-10,13,15-16,33-34H2,1-2H3/b19-3-/t24-,25?,32+/m1/s1. The maximum Gasteiger partial charge on any atom is 0.336 e. The van der Waals surface area contributed by atoms with E-state index in [1.807, 2.05) is 31.4 Å². The Morgan fingerprint density at radius 1 is 1.30 bits per heavy atom. The molecular formula is C32H38N4O8. The summed E-state index contributed by atoms with van der Waals surface area (Å²) in [6.45, 7) is 2.92. The lowest BCUT2D eigenvalue weighted by Crippen LogP contribution is -2.51. The van der Waals surface area contributed by atoms with Gasteiger partial charge in [-0.25, -0.2) is 4.79 Å². The smallest absolute Gasteiger partial charge is 0.336 e. The lowest BCUT2D eigenvalue weighted by molar-refractivity contribution is -0.159. The van der Waals surface area contributed by atoms with Gasteiger partial charge < -0.3 is 51.3 Å². The first-order chi connectivity index (χ1) is 21.1. The van der Waals surface area contributed by atoms with E-state index in [4.69, 9.17) is 25.4 Å². The number of rotatable bonds is 9. The van der Waals surface area contributed by atoms with Crippen molar-refractivity contribution >= 4 is 16.9 Å². The van der Waals surface area contributed by atoms with E-state index < -0.39 is 36.3 Å². The van der Waals surface area contributed by atoms with Crippen molar-refractivity contribution < 1.29 is 34.0 Å². The van der Waals surface area contributed by atoms with Gasteiger partial charge in [0.05, 0.1) is 24.2 Å². The molecule has 2 aromatic rings. The fourth-order valence-corrected chi connectivity index (χ4v) is 5.65. The van der Waals surface area contributed by atoms with Crippen LogP contribution in [0.25, 0.3) is 11.0 Å². The van der Waals surface area contributed by atoms with Gasteiger partial charge in [-0.3, -0.25) is 4.79 Å². The minimum atomic E-state index is -1.12. The lowest BCUT2D eigenvalue weighted by Gasteiger charge is -2.43. The lowest BCUT2D eigenvalue weighted by atomic mass is 9.82. The van der Waals surface area contributed by atoms with E-state index in [1.165, 1.54) is 6.08 Å². The second-order valence-electron chi connectivity index (χ2n) is 11.3. The first-order valence-electron chi connectivity index (χ1n) is 14.5. The Kier molecular flexibility index (Phi) is 8.86. The van der Waals surface area contributed by atoms with Crippen molar-refractivity contribution in [3.8, 4) is 11.5 Å². The number of aliphatic hydroxyl groups is 2. The molecule has 0 saturated carbocycles. The summed E-state index contributed by atoms with van der Waals surface area (Å²) in [6, 6.07) is 1.14. The third-order valence-electron chi connectivity index (χ3n) is 8.22. The number of allylic oxidation sites excluding steroid dienone is 5.